The molecule has 0 saturated carbocycles. The maximum atomic E-state index is 9.06. The van der Waals surface area contributed by atoms with Crippen molar-refractivity contribution >= 4 is 10.9 Å². The van der Waals surface area contributed by atoms with E-state index in [0.29, 0.717) is 12.5 Å². The predicted octanol–water partition coefficient (Wildman–Crippen LogP) is 3.58. The van der Waals surface area contributed by atoms with E-state index < -0.39 is 0 Å². The summed E-state index contributed by atoms with van der Waals surface area (Å²) in [6, 6.07) is 10.1. The molecule has 3 heteroatoms. The molecule has 0 bridgehead atoms. The Morgan fingerprint density at radius 1 is 1.26 bits per heavy atom. The van der Waals surface area contributed by atoms with Crippen LogP contribution in [0.1, 0.15) is 25.8 Å². The number of rotatable bonds is 6. The van der Waals surface area contributed by atoms with Crippen LogP contribution in [0.4, 0.5) is 0 Å². The van der Waals surface area contributed by atoms with E-state index in [1.807, 2.05) is 30.5 Å². The number of nitriles is 1. The molecule has 0 aliphatic rings. The molecule has 0 unspecified atom stereocenters. The standard InChI is InChI=1S/C16H20N2O/c1-13(2)7-10-19-11-9-18-8-6-15-14(12-17)4-3-5-16(15)18/h3-6,8,13H,7,9-11H2,1-2H3. The van der Waals surface area contributed by atoms with E-state index in [9.17, 15) is 0 Å². The fourth-order valence-electron chi connectivity index (χ4n) is 2.10. The molecule has 0 amide bonds. The summed E-state index contributed by atoms with van der Waals surface area (Å²) in [6.45, 7) is 6.77. The van der Waals surface area contributed by atoms with Crippen molar-refractivity contribution in [3.63, 3.8) is 0 Å². The third kappa shape index (κ3) is 3.36. The van der Waals surface area contributed by atoms with Crippen LogP contribution in [0.5, 0.6) is 0 Å². The molecule has 1 aromatic heterocycles. The van der Waals surface area contributed by atoms with Crippen LogP contribution in [0.15, 0.2) is 30.5 Å². The molecule has 1 heterocycles. The molecule has 0 atom stereocenters. The van der Waals surface area contributed by atoms with Gasteiger partial charge in [-0.25, -0.2) is 0 Å². The topological polar surface area (TPSA) is 38.0 Å². The van der Waals surface area contributed by atoms with Crippen LogP contribution >= 0.6 is 0 Å². The maximum Gasteiger partial charge on any atom is 0.0998 e. The molecule has 2 aromatic rings. The van der Waals surface area contributed by atoms with Crippen molar-refractivity contribution in [2.24, 2.45) is 5.92 Å². The van der Waals surface area contributed by atoms with Gasteiger partial charge in [0.15, 0.2) is 0 Å². The lowest BCUT2D eigenvalue weighted by molar-refractivity contribution is 0.117. The summed E-state index contributed by atoms with van der Waals surface area (Å²) in [7, 11) is 0. The Labute approximate surface area is 114 Å². The lowest BCUT2D eigenvalue weighted by Crippen LogP contribution is -2.07. The zero-order valence-corrected chi connectivity index (χ0v) is 11.6. The molecule has 0 aliphatic carbocycles. The molecule has 2 rings (SSSR count). The molecular formula is C16H20N2O. The lowest BCUT2D eigenvalue weighted by atomic mass is 10.1. The van der Waals surface area contributed by atoms with Crippen LogP contribution in [0.2, 0.25) is 0 Å². The first-order valence-electron chi connectivity index (χ1n) is 6.78. The second-order valence-electron chi connectivity index (χ2n) is 5.15. The van der Waals surface area contributed by atoms with Gasteiger partial charge in [0.05, 0.1) is 18.2 Å². The predicted molar refractivity (Wildman–Crippen MR) is 76.9 cm³/mol. The molecule has 0 spiro atoms. The normalized spacial score (nSPS) is 11.1. The van der Waals surface area contributed by atoms with Crippen LogP contribution in [-0.4, -0.2) is 17.8 Å². The number of fused-ring (bicyclic) bond motifs is 1. The molecular weight excluding hydrogens is 236 g/mol. The smallest absolute Gasteiger partial charge is 0.0998 e. The molecule has 19 heavy (non-hydrogen) atoms. The number of nitrogens with zero attached hydrogens (tertiary/aromatic N) is 2. The third-order valence-corrected chi connectivity index (χ3v) is 3.25. The van der Waals surface area contributed by atoms with Crippen molar-refractivity contribution in [2.45, 2.75) is 26.8 Å². The summed E-state index contributed by atoms with van der Waals surface area (Å²) >= 11 is 0. The van der Waals surface area contributed by atoms with E-state index in [0.717, 1.165) is 36.0 Å². The molecule has 0 N–H and O–H groups in total. The fraction of sp³-hybridized carbons (Fsp3) is 0.438. The van der Waals surface area contributed by atoms with Crippen molar-refractivity contribution in [3.8, 4) is 6.07 Å². The second-order valence-corrected chi connectivity index (χ2v) is 5.15. The monoisotopic (exact) mass is 256 g/mol. The lowest BCUT2D eigenvalue weighted by Gasteiger charge is -2.08. The van der Waals surface area contributed by atoms with Gasteiger partial charge in [-0.05, 0) is 30.5 Å². The summed E-state index contributed by atoms with van der Waals surface area (Å²) < 4.78 is 7.78. The van der Waals surface area contributed by atoms with Gasteiger partial charge >= 0.3 is 0 Å². The Kier molecular flexibility index (Phi) is 4.59. The fourth-order valence-corrected chi connectivity index (χ4v) is 2.10. The minimum atomic E-state index is 0.686. The van der Waals surface area contributed by atoms with Gasteiger partial charge in [0.25, 0.3) is 0 Å². The molecule has 0 saturated heterocycles. The van der Waals surface area contributed by atoms with Crippen LogP contribution in [0.25, 0.3) is 10.9 Å². The first-order valence-corrected chi connectivity index (χ1v) is 6.78. The van der Waals surface area contributed by atoms with E-state index in [4.69, 9.17) is 10.00 Å². The molecule has 0 fully saturated rings. The maximum absolute atomic E-state index is 9.06. The summed E-state index contributed by atoms with van der Waals surface area (Å²) in [5, 5.41) is 10.1. The Morgan fingerprint density at radius 2 is 2.11 bits per heavy atom. The average Bonchev–Trinajstić information content (AvgIpc) is 2.81. The van der Waals surface area contributed by atoms with E-state index in [-0.39, 0.29) is 0 Å². The van der Waals surface area contributed by atoms with Gasteiger partial charge in [0, 0.05) is 30.3 Å². The Morgan fingerprint density at radius 3 is 2.84 bits per heavy atom. The minimum Gasteiger partial charge on any atom is -0.380 e. The minimum absolute atomic E-state index is 0.686. The van der Waals surface area contributed by atoms with Crippen molar-refractivity contribution < 1.29 is 4.74 Å². The first kappa shape index (κ1) is 13.6. The highest BCUT2D eigenvalue weighted by atomic mass is 16.5. The van der Waals surface area contributed by atoms with Gasteiger partial charge < -0.3 is 9.30 Å². The molecule has 0 radical (unpaired) electrons. The van der Waals surface area contributed by atoms with Crippen LogP contribution in [0.3, 0.4) is 0 Å². The van der Waals surface area contributed by atoms with Gasteiger partial charge in [-0.2, -0.15) is 5.26 Å². The zero-order chi connectivity index (χ0) is 13.7. The Bertz CT molecular complexity index is 578. The van der Waals surface area contributed by atoms with E-state index in [2.05, 4.69) is 24.5 Å². The summed E-state index contributed by atoms with van der Waals surface area (Å²) in [5.41, 5.74) is 1.84. The first-order chi connectivity index (χ1) is 9.22. The number of hydrogen-bond acceptors (Lipinski definition) is 2. The van der Waals surface area contributed by atoms with Crippen molar-refractivity contribution in [2.75, 3.05) is 13.2 Å². The third-order valence-electron chi connectivity index (χ3n) is 3.25. The highest BCUT2D eigenvalue weighted by Gasteiger charge is 2.04. The number of hydrogen-bond donors (Lipinski definition) is 0. The summed E-state index contributed by atoms with van der Waals surface area (Å²) in [4.78, 5) is 0. The van der Waals surface area contributed by atoms with Gasteiger partial charge in [0.2, 0.25) is 0 Å². The molecule has 100 valence electrons. The van der Waals surface area contributed by atoms with Crippen molar-refractivity contribution in [1.82, 2.24) is 4.57 Å². The molecule has 3 nitrogen and oxygen atoms in total. The number of ether oxygens (including phenoxy) is 1. The van der Waals surface area contributed by atoms with Crippen LogP contribution in [0, 0.1) is 17.2 Å². The van der Waals surface area contributed by atoms with Crippen molar-refractivity contribution in [1.29, 1.82) is 5.26 Å². The molecule has 1 aromatic carbocycles. The van der Waals surface area contributed by atoms with E-state index in [1.165, 1.54) is 0 Å². The SMILES string of the molecule is CC(C)CCOCCn1ccc2c(C#N)cccc21. The van der Waals surface area contributed by atoms with Gasteiger partial charge in [-0.15, -0.1) is 0 Å². The Balaban J connectivity index is 1.97. The van der Waals surface area contributed by atoms with Crippen LogP contribution < -0.4 is 0 Å². The highest BCUT2D eigenvalue weighted by Crippen LogP contribution is 2.19. The summed E-state index contributed by atoms with van der Waals surface area (Å²) in [6.07, 6.45) is 3.13. The number of aromatic nitrogens is 1. The zero-order valence-electron chi connectivity index (χ0n) is 11.6. The number of benzene rings is 1. The second kappa shape index (κ2) is 6.40. The van der Waals surface area contributed by atoms with E-state index >= 15 is 0 Å². The quantitative estimate of drug-likeness (QED) is 0.741. The molecule has 0 aliphatic heterocycles. The summed E-state index contributed by atoms with van der Waals surface area (Å²) in [5.74, 6) is 0.686. The average molecular weight is 256 g/mol. The largest absolute Gasteiger partial charge is 0.380 e. The highest BCUT2D eigenvalue weighted by molar-refractivity contribution is 5.85. The Hall–Kier alpha value is -1.79. The van der Waals surface area contributed by atoms with Gasteiger partial charge in [-0.1, -0.05) is 19.9 Å². The van der Waals surface area contributed by atoms with Crippen molar-refractivity contribution in [3.05, 3.63) is 36.0 Å². The van der Waals surface area contributed by atoms with Gasteiger partial charge in [0.1, 0.15) is 0 Å². The van der Waals surface area contributed by atoms with Crippen LogP contribution in [-0.2, 0) is 11.3 Å². The van der Waals surface area contributed by atoms with E-state index in [1.54, 1.807) is 0 Å². The van der Waals surface area contributed by atoms with Gasteiger partial charge in [-0.3, -0.25) is 0 Å².